The molecule has 0 aliphatic carbocycles. The summed E-state index contributed by atoms with van der Waals surface area (Å²) >= 11 is 5.68. The maximum absolute atomic E-state index is 10.6. The number of hydrogen-bond donors (Lipinski definition) is 0. The molecule has 6 heteroatoms. The molecular weight excluding hydrogens is 259 g/mol. The SMILES string of the molecule is O=S(=O)(Cl)CCCOc1ccc(Cl)cc1. The largest absolute Gasteiger partial charge is 0.494 e. The van der Waals surface area contributed by atoms with E-state index in [4.69, 9.17) is 27.0 Å². The molecule has 0 spiro atoms. The zero-order chi connectivity index (χ0) is 11.3. The van der Waals surface area contributed by atoms with E-state index in [1.165, 1.54) is 0 Å². The summed E-state index contributed by atoms with van der Waals surface area (Å²) in [5.74, 6) is 0.577. The highest BCUT2D eigenvalue weighted by Crippen LogP contribution is 2.15. The third kappa shape index (κ3) is 5.87. The van der Waals surface area contributed by atoms with Crippen molar-refractivity contribution in [3.63, 3.8) is 0 Å². The lowest BCUT2D eigenvalue weighted by atomic mass is 10.3. The quantitative estimate of drug-likeness (QED) is 0.609. The van der Waals surface area contributed by atoms with E-state index in [0.29, 0.717) is 23.8 Å². The van der Waals surface area contributed by atoms with Crippen LogP contribution in [0.5, 0.6) is 5.75 Å². The molecule has 0 atom stereocenters. The normalized spacial score (nSPS) is 11.3. The summed E-state index contributed by atoms with van der Waals surface area (Å²) in [6.45, 7) is 0.313. The summed E-state index contributed by atoms with van der Waals surface area (Å²) < 4.78 is 26.4. The number of hydrogen-bond acceptors (Lipinski definition) is 3. The van der Waals surface area contributed by atoms with Gasteiger partial charge in [-0.2, -0.15) is 0 Å². The van der Waals surface area contributed by atoms with E-state index in [1.807, 2.05) is 0 Å². The first-order chi connectivity index (χ1) is 6.97. The van der Waals surface area contributed by atoms with Gasteiger partial charge in [-0.15, -0.1) is 0 Å². The fourth-order valence-corrected chi connectivity index (χ4v) is 1.87. The Labute approximate surface area is 98.4 Å². The summed E-state index contributed by atoms with van der Waals surface area (Å²) in [7, 11) is 1.62. The number of ether oxygens (including phenoxy) is 1. The standard InChI is InChI=1S/C9H10Cl2O3S/c10-8-2-4-9(5-3-8)14-6-1-7-15(11,12)13/h2-5H,1,6-7H2. The van der Waals surface area contributed by atoms with Gasteiger partial charge in [0, 0.05) is 15.7 Å². The molecule has 1 rings (SSSR count). The van der Waals surface area contributed by atoms with Gasteiger partial charge < -0.3 is 4.74 Å². The van der Waals surface area contributed by atoms with Crippen LogP contribution < -0.4 is 4.74 Å². The van der Waals surface area contributed by atoms with Crippen LogP contribution in [0, 0.1) is 0 Å². The molecule has 0 aromatic heterocycles. The predicted molar refractivity (Wildman–Crippen MR) is 61.2 cm³/mol. The molecule has 0 aliphatic heterocycles. The first kappa shape index (κ1) is 12.6. The van der Waals surface area contributed by atoms with Crippen molar-refractivity contribution in [2.45, 2.75) is 6.42 Å². The number of rotatable bonds is 5. The van der Waals surface area contributed by atoms with E-state index in [0.717, 1.165) is 0 Å². The van der Waals surface area contributed by atoms with Crippen LogP contribution in [-0.2, 0) is 9.05 Å². The number of halogens is 2. The van der Waals surface area contributed by atoms with Gasteiger partial charge in [-0.1, -0.05) is 11.6 Å². The summed E-state index contributed by atoms with van der Waals surface area (Å²) in [6, 6.07) is 6.85. The van der Waals surface area contributed by atoms with Crippen LogP contribution in [0.2, 0.25) is 5.02 Å². The molecule has 0 amide bonds. The van der Waals surface area contributed by atoms with Gasteiger partial charge in [0.1, 0.15) is 5.75 Å². The minimum absolute atomic E-state index is 0.0812. The topological polar surface area (TPSA) is 43.4 Å². The van der Waals surface area contributed by atoms with E-state index < -0.39 is 9.05 Å². The van der Waals surface area contributed by atoms with Crippen LogP contribution in [0.4, 0.5) is 0 Å². The fourth-order valence-electron chi connectivity index (χ4n) is 0.952. The summed E-state index contributed by atoms with van der Waals surface area (Å²) in [5.41, 5.74) is 0. The molecular formula is C9H10Cl2O3S. The Morgan fingerprint density at radius 1 is 1.20 bits per heavy atom. The average Bonchev–Trinajstić information content (AvgIpc) is 2.14. The van der Waals surface area contributed by atoms with Gasteiger partial charge in [-0.05, 0) is 30.7 Å². The maximum atomic E-state index is 10.6. The molecule has 0 saturated carbocycles. The summed E-state index contributed by atoms with van der Waals surface area (Å²) in [6.07, 6.45) is 0.370. The Bertz CT molecular complexity index is 400. The molecule has 0 bridgehead atoms. The fraction of sp³-hybridized carbons (Fsp3) is 0.333. The Morgan fingerprint density at radius 2 is 1.80 bits per heavy atom. The van der Waals surface area contributed by atoms with Gasteiger partial charge in [-0.25, -0.2) is 8.42 Å². The second kappa shape index (κ2) is 5.58. The molecule has 0 fully saturated rings. The average molecular weight is 269 g/mol. The minimum atomic E-state index is -3.41. The Hall–Kier alpha value is -0.450. The molecule has 0 aliphatic rings. The van der Waals surface area contributed by atoms with Crippen LogP contribution in [0.3, 0.4) is 0 Å². The molecule has 1 aromatic carbocycles. The lowest BCUT2D eigenvalue weighted by molar-refractivity contribution is 0.318. The maximum Gasteiger partial charge on any atom is 0.232 e. The highest BCUT2D eigenvalue weighted by Gasteiger charge is 2.04. The van der Waals surface area contributed by atoms with Crippen molar-refractivity contribution in [3.8, 4) is 5.75 Å². The lowest BCUT2D eigenvalue weighted by Crippen LogP contribution is -2.04. The molecule has 0 saturated heterocycles. The van der Waals surface area contributed by atoms with E-state index in [-0.39, 0.29) is 5.75 Å². The van der Waals surface area contributed by atoms with Crippen LogP contribution in [0.1, 0.15) is 6.42 Å². The van der Waals surface area contributed by atoms with E-state index >= 15 is 0 Å². The molecule has 0 unspecified atom stereocenters. The van der Waals surface area contributed by atoms with Crippen molar-refractivity contribution in [1.29, 1.82) is 0 Å². The lowest BCUT2D eigenvalue weighted by Gasteiger charge is -2.04. The van der Waals surface area contributed by atoms with Crippen molar-refractivity contribution in [1.82, 2.24) is 0 Å². The monoisotopic (exact) mass is 268 g/mol. The van der Waals surface area contributed by atoms with Gasteiger partial charge in [0.25, 0.3) is 0 Å². The van der Waals surface area contributed by atoms with Crippen LogP contribution >= 0.6 is 22.3 Å². The van der Waals surface area contributed by atoms with Crippen molar-refractivity contribution >= 4 is 31.3 Å². The minimum Gasteiger partial charge on any atom is -0.494 e. The number of benzene rings is 1. The van der Waals surface area contributed by atoms with Gasteiger partial charge in [0.2, 0.25) is 9.05 Å². The van der Waals surface area contributed by atoms with Crippen LogP contribution in [0.15, 0.2) is 24.3 Å². The van der Waals surface area contributed by atoms with Crippen molar-refractivity contribution in [2.75, 3.05) is 12.4 Å². The highest BCUT2D eigenvalue weighted by atomic mass is 35.7. The molecule has 1 aromatic rings. The molecule has 3 nitrogen and oxygen atoms in total. The van der Waals surface area contributed by atoms with Crippen molar-refractivity contribution in [3.05, 3.63) is 29.3 Å². The third-order valence-electron chi connectivity index (χ3n) is 1.61. The van der Waals surface area contributed by atoms with Gasteiger partial charge in [-0.3, -0.25) is 0 Å². The molecule has 0 heterocycles. The molecule has 0 radical (unpaired) electrons. The zero-order valence-electron chi connectivity index (χ0n) is 7.82. The first-order valence-electron chi connectivity index (χ1n) is 4.28. The van der Waals surface area contributed by atoms with Gasteiger partial charge in [0.15, 0.2) is 0 Å². The van der Waals surface area contributed by atoms with Gasteiger partial charge in [0.05, 0.1) is 12.4 Å². The van der Waals surface area contributed by atoms with Crippen molar-refractivity contribution in [2.24, 2.45) is 0 Å². The second-order valence-electron chi connectivity index (χ2n) is 2.90. The molecule has 84 valence electrons. The first-order valence-corrected chi connectivity index (χ1v) is 7.14. The molecule has 15 heavy (non-hydrogen) atoms. The zero-order valence-corrected chi connectivity index (χ0v) is 10.1. The Morgan fingerprint density at radius 3 is 2.33 bits per heavy atom. The second-order valence-corrected chi connectivity index (χ2v) is 6.23. The van der Waals surface area contributed by atoms with Gasteiger partial charge >= 0.3 is 0 Å². The highest BCUT2D eigenvalue weighted by molar-refractivity contribution is 8.13. The summed E-state index contributed by atoms with van der Waals surface area (Å²) in [4.78, 5) is 0. The smallest absolute Gasteiger partial charge is 0.232 e. The predicted octanol–water partition coefficient (Wildman–Crippen LogP) is 2.68. The van der Waals surface area contributed by atoms with Crippen molar-refractivity contribution < 1.29 is 13.2 Å². The molecule has 0 N–H and O–H groups in total. The van der Waals surface area contributed by atoms with E-state index in [1.54, 1.807) is 24.3 Å². The summed E-state index contributed by atoms with van der Waals surface area (Å²) in [5, 5.41) is 0.630. The Kier molecular flexibility index (Phi) is 4.70. The van der Waals surface area contributed by atoms with Crippen LogP contribution in [0.25, 0.3) is 0 Å². The van der Waals surface area contributed by atoms with E-state index in [9.17, 15) is 8.42 Å². The van der Waals surface area contributed by atoms with E-state index in [2.05, 4.69) is 0 Å². The third-order valence-corrected chi connectivity index (χ3v) is 3.11. The van der Waals surface area contributed by atoms with Crippen LogP contribution in [-0.4, -0.2) is 20.8 Å². The Balaban J connectivity index is 2.29.